The van der Waals surface area contributed by atoms with Gasteiger partial charge in [0, 0.05) is 0 Å². The van der Waals surface area contributed by atoms with E-state index in [1.807, 2.05) is 0 Å². The molecule has 0 aromatic rings. The van der Waals surface area contributed by atoms with Crippen molar-refractivity contribution in [2.75, 3.05) is 0 Å². The van der Waals surface area contributed by atoms with Crippen LogP contribution in [0.3, 0.4) is 0 Å². The number of rotatable bonds is 8. The summed E-state index contributed by atoms with van der Waals surface area (Å²) in [6, 6.07) is 0. The lowest BCUT2D eigenvalue weighted by Crippen LogP contribution is -2.26. The van der Waals surface area contributed by atoms with Crippen LogP contribution in [0.15, 0.2) is 23.8 Å². The fourth-order valence-electron chi connectivity index (χ4n) is 7.05. The van der Waals surface area contributed by atoms with E-state index in [-0.39, 0.29) is 0 Å². The zero-order chi connectivity index (χ0) is 20.5. The number of hydrogen-bond donors (Lipinski definition) is 0. The van der Waals surface area contributed by atoms with Gasteiger partial charge < -0.3 is 0 Å². The molecule has 0 aliphatic heterocycles. The fraction of sp³-hybridized carbons (Fsp3) is 0.862. The van der Waals surface area contributed by atoms with E-state index in [2.05, 4.69) is 39.0 Å². The Bertz CT molecular complexity index is 488. The van der Waals surface area contributed by atoms with Crippen molar-refractivity contribution in [3.8, 4) is 0 Å². The summed E-state index contributed by atoms with van der Waals surface area (Å²) in [5, 5.41) is 0. The van der Waals surface area contributed by atoms with E-state index >= 15 is 0 Å². The Morgan fingerprint density at radius 3 is 1.86 bits per heavy atom. The third-order valence-corrected chi connectivity index (χ3v) is 9.04. The van der Waals surface area contributed by atoms with Gasteiger partial charge in [0.2, 0.25) is 0 Å². The van der Waals surface area contributed by atoms with Gasteiger partial charge in [-0.3, -0.25) is 0 Å². The smallest absolute Gasteiger partial charge is 0.0206 e. The highest BCUT2D eigenvalue weighted by Gasteiger charge is 2.31. The molecular weight excluding hydrogens is 348 g/mol. The molecule has 0 atom stereocenters. The third kappa shape index (κ3) is 7.29. The van der Waals surface area contributed by atoms with Crippen molar-refractivity contribution in [3.05, 3.63) is 23.8 Å². The van der Waals surface area contributed by atoms with Gasteiger partial charge in [0.1, 0.15) is 0 Å². The summed E-state index contributed by atoms with van der Waals surface area (Å²) in [7, 11) is 0. The molecule has 166 valence electrons. The SMILES string of the molecule is C/C=C/CCC1CCC(C2CCC(/C(C)=C/C3CCC(CCC)CC3)CC2)CC1. The molecule has 29 heavy (non-hydrogen) atoms. The van der Waals surface area contributed by atoms with Crippen molar-refractivity contribution in [1.82, 2.24) is 0 Å². The minimum atomic E-state index is 0.902. The Morgan fingerprint density at radius 2 is 1.28 bits per heavy atom. The third-order valence-electron chi connectivity index (χ3n) is 9.04. The van der Waals surface area contributed by atoms with Crippen LogP contribution in [-0.4, -0.2) is 0 Å². The first kappa shape index (κ1) is 23.1. The molecule has 3 rings (SSSR count). The standard InChI is InChI=1S/C29H50/c1-4-6-7-9-25-14-16-28(17-15-25)29-20-18-27(19-21-29)23(3)22-26-12-10-24(8-5-2)11-13-26/h4,6,22,24-29H,5,7-21H2,1-3H3/b6-4+,23-22+. The topological polar surface area (TPSA) is 0 Å². The predicted molar refractivity (Wildman–Crippen MR) is 129 cm³/mol. The second-order valence-corrected chi connectivity index (χ2v) is 11.0. The summed E-state index contributed by atoms with van der Waals surface area (Å²) < 4.78 is 0. The molecule has 0 heterocycles. The maximum atomic E-state index is 2.73. The molecule has 3 fully saturated rings. The van der Waals surface area contributed by atoms with Crippen molar-refractivity contribution in [1.29, 1.82) is 0 Å². The van der Waals surface area contributed by atoms with Gasteiger partial charge in [0.15, 0.2) is 0 Å². The van der Waals surface area contributed by atoms with Crippen molar-refractivity contribution in [2.24, 2.45) is 35.5 Å². The molecule has 0 aromatic carbocycles. The zero-order valence-electron chi connectivity index (χ0n) is 20.0. The van der Waals surface area contributed by atoms with Gasteiger partial charge >= 0.3 is 0 Å². The molecule has 0 aromatic heterocycles. The van der Waals surface area contributed by atoms with E-state index in [1.165, 1.54) is 103 Å². The molecular formula is C29H50. The van der Waals surface area contributed by atoms with Gasteiger partial charge in [0.25, 0.3) is 0 Å². The van der Waals surface area contributed by atoms with E-state index in [1.54, 1.807) is 5.57 Å². The first-order valence-electron chi connectivity index (χ1n) is 13.5. The molecule has 3 saturated carbocycles. The van der Waals surface area contributed by atoms with E-state index in [0.717, 1.165) is 35.5 Å². The Morgan fingerprint density at radius 1 is 0.724 bits per heavy atom. The van der Waals surface area contributed by atoms with Gasteiger partial charge in [-0.1, -0.05) is 56.4 Å². The monoisotopic (exact) mass is 398 g/mol. The normalized spacial score (nSPS) is 37.1. The molecule has 0 nitrogen and oxygen atoms in total. The quantitative estimate of drug-likeness (QED) is 0.357. The average molecular weight is 399 g/mol. The summed E-state index contributed by atoms with van der Waals surface area (Å²) in [5.41, 5.74) is 1.76. The second kappa shape index (κ2) is 12.4. The Balaban J connectivity index is 1.36. The molecule has 0 spiro atoms. The van der Waals surface area contributed by atoms with Gasteiger partial charge in [-0.15, -0.1) is 0 Å². The summed E-state index contributed by atoms with van der Waals surface area (Å²) in [6.07, 6.45) is 30.9. The lowest BCUT2D eigenvalue weighted by atomic mass is 9.67. The first-order valence-corrected chi connectivity index (χ1v) is 13.5. The maximum Gasteiger partial charge on any atom is -0.0206 e. The van der Waals surface area contributed by atoms with E-state index in [0.29, 0.717) is 0 Å². The molecule has 3 aliphatic carbocycles. The molecule has 0 N–H and O–H groups in total. The number of hydrogen-bond acceptors (Lipinski definition) is 0. The molecule has 0 saturated heterocycles. The second-order valence-electron chi connectivity index (χ2n) is 11.0. The van der Waals surface area contributed by atoms with Gasteiger partial charge in [-0.05, 0) is 126 Å². The molecule has 0 heteroatoms. The average Bonchev–Trinajstić information content (AvgIpc) is 2.76. The van der Waals surface area contributed by atoms with Crippen LogP contribution in [0.1, 0.15) is 124 Å². The highest BCUT2D eigenvalue weighted by molar-refractivity contribution is 5.08. The zero-order valence-corrected chi connectivity index (χ0v) is 20.0. The van der Waals surface area contributed by atoms with Crippen LogP contribution in [0.5, 0.6) is 0 Å². The van der Waals surface area contributed by atoms with Crippen LogP contribution in [0.25, 0.3) is 0 Å². The fourth-order valence-corrected chi connectivity index (χ4v) is 7.05. The molecule has 0 unspecified atom stereocenters. The lowest BCUT2D eigenvalue weighted by Gasteiger charge is -2.38. The Kier molecular flexibility index (Phi) is 9.87. The van der Waals surface area contributed by atoms with Crippen LogP contribution in [0.2, 0.25) is 0 Å². The first-order chi connectivity index (χ1) is 14.2. The van der Waals surface area contributed by atoms with Crippen LogP contribution < -0.4 is 0 Å². The van der Waals surface area contributed by atoms with Crippen molar-refractivity contribution < 1.29 is 0 Å². The summed E-state index contributed by atoms with van der Waals surface area (Å²) >= 11 is 0. The molecule has 3 aliphatic rings. The van der Waals surface area contributed by atoms with Gasteiger partial charge in [0.05, 0.1) is 0 Å². The highest BCUT2D eigenvalue weighted by Crippen LogP contribution is 2.44. The van der Waals surface area contributed by atoms with Crippen LogP contribution in [0.4, 0.5) is 0 Å². The number of allylic oxidation sites excluding steroid dienone is 4. The van der Waals surface area contributed by atoms with E-state index in [9.17, 15) is 0 Å². The summed E-state index contributed by atoms with van der Waals surface area (Å²) in [5.74, 6) is 6.00. The Labute approximate surface area is 183 Å². The maximum absolute atomic E-state index is 2.73. The van der Waals surface area contributed by atoms with Crippen LogP contribution >= 0.6 is 0 Å². The van der Waals surface area contributed by atoms with Crippen molar-refractivity contribution in [2.45, 2.75) is 124 Å². The Hall–Kier alpha value is -0.520. The van der Waals surface area contributed by atoms with Crippen LogP contribution in [-0.2, 0) is 0 Å². The molecule has 0 bridgehead atoms. The molecule has 0 amide bonds. The molecule has 0 radical (unpaired) electrons. The van der Waals surface area contributed by atoms with E-state index < -0.39 is 0 Å². The minimum Gasteiger partial charge on any atom is -0.0917 e. The predicted octanol–water partition coefficient (Wildman–Crippen LogP) is 9.51. The summed E-state index contributed by atoms with van der Waals surface area (Å²) in [6.45, 7) is 6.98. The van der Waals surface area contributed by atoms with Crippen LogP contribution in [0, 0.1) is 35.5 Å². The van der Waals surface area contributed by atoms with E-state index in [4.69, 9.17) is 0 Å². The summed E-state index contributed by atoms with van der Waals surface area (Å²) in [4.78, 5) is 0. The highest BCUT2D eigenvalue weighted by atomic mass is 14.4. The van der Waals surface area contributed by atoms with Gasteiger partial charge in [-0.25, -0.2) is 0 Å². The largest absolute Gasteiger partial charge is 0.0917 e. The van der Waals surface area contributed by atoms with Crippen molar-refractivity contribution in [3.63, 3.8) is 0 Å². The van der Waals surface area contributed by atoms with Crippen molar-refractivity contribution >= 4 is 0 Å². The minimum absolute atomic E-state index is 0.902. The lowest BCUT2D eigenvalue weighted by molar-refractivity contribution is 0.150. The van der Waals surface area contributed by atoms with Gasteiger partial charge in [-0.2, -0.15) is 0 Å².